The van der Waals surface area contributed by atoms with Crippen LogP contribution in [0.2, 0.25) is 5.02 Å². The highest BCUT2D eigenvalue weighted by Crippen LogP contribution is 2.21. The molecule has 1 aliphatic heterocycles. The highest BCUT2D eigenvalue weighted by Gasteiger charge is 2.20. The van der Waals surface area contributed by atoms with Crippen molar-refractivity contribution in [1.29, 1.82) is 0 Å². The summed E-state index contributed by atoms with van der Waals surface area (Å²) in [6.07, 6.45) is 6.77. The predicted molar refractivity (Wildman–Crippen MR) is 104 cm³/mol. The summed E-state index contributed by atoms with van der Waals surface area (Å²) in [4.78, 5) is 31.8. The molecule has 3 aromatic rings. The van der Waals surface area contributed by atoms with Crippen LogP contribution in [0.4, 0.5) is 11.6 Å². The SMILES string of the molecule is O=C(Nc1cnc(-c2ccccc2)nc1)c1nc(N2CCCC2)ncc1Cl. The molecule has 0 atom stereocenters. The first-order valence-electron chi connectivity index (χ1n) is 8.67. The van der Waals surface area contributed by atoms with Crippen LogP contribution in [0, 0.1) is 0 Å². The molecule has 0 radical (unpaired) electrons. The summed E-state index contributed by atoms with van der Waals surface area (Å²) in [7, 11) is 0. The van der Waals surface area contributed by atoms with Gasteiger partial charge < -0.3 is 10.2 Å². The first kappa shape index (κ1) is 17.4. The molecule has 3 heterocycles. The molecular formula is C19H17ClN6O. The lowest BCUT2D eigenvalue weighted by molar-refractivity contribution is 0.102. The largest absolute Gasteiger partial charge is 0.341 e. The maximum absolute atomic E-state index is 12.6. The van der Waals surface area contributed by atoms with Crippen LogP contribution in [0.15, 0.2) is 48.9 Å². The van der Waals surface area contributed by atoms with Gasteiger partial charge in [-0.3, -0.25) is 4.79 Å². The van der Waals surface area contributed by atoms with E-state index in [1.54, 1.807) is 12.4 Å². The molecule has 0 spiro atoms. The second-order valence-electron chi connectivity index (χ2n) is 6.18. The van der Waals surface area contributed by atoms with Crippen LogP contribution in [0.5, 0.6) is 0 Å². The number of benzene rings is 1. The minimum Gasteiger partial charge on any atom is -0.341 e. The molecule has 1 amide bonds. The molecule has 1 aromatic carbocycles. The zero-order valence-corrected chi connectivity index (χ0v) is 15.2. The fourth-order valence-corrected chi connectivity index (χ4v) is 3.08. The van der Waals surface area contributed by atoms with Crippen molar-refractivity contribution in [1.82, 2.24) is 19.9 Å². The Morgan fingerprint density at radius 2 is 1.70 bits per heavy atom. The Labute approximate surface area is 161 Å². The Hall–Kier alpha value is -3.06. The van der Waals surface area contributed by atoms with Crippen LogP contribution in [0.1, 0.15) is 23.3 Å². The number of carbonyl (C=O) groups is 1. The third-order valence-electron chi connectivity index (χ3n) is 4.28. The van der Waals surface area contributed by atoms with E-state index in [-0.39, 0.29) is 10.7 Å². The zero-order chi connectivity index (χ0) is 18.6. The van der Waals surface area contributed by atoms with Gasteiger partial charge >= 0.3 is 0 Å². The van der Waals surface area contributed by atoms with Crippen LogP contribution < -0.4 is 10.2 Å². The van der Waals surface area contributed by atoms with E-state index >= 15 is 0 Å². The number of amides is 1. The standard InChI is InChI=1S/C19H17ClN6O/c20-15-12-23-19(26-8-4-5-9-26)25-16(15)18(27)24-14-10-21-17(22-11-14)13-6-2-1-3-7-13/h1-3,6-7,10-12H,4-5,8-9H2,(H,24,27). The Balaban J connectivity index is 1.51. The van der Waals surface area contributed by atoms with E-state index in [9.17, 15) is 4.79 Å². The van der Waals surface area contributed by atoms with E-state index in [0.29, 0.717) is 17.5 Å². The highest BCUT2D eigenvalue weighted by molar-refractivity contribution is 6.34. The molecule has 2 aromatic heterocycles. The zero-order valence-electron chi connectivity index (χ0n) is 14.5. The third-order valence-corrected chi connectivity index (χ3v) is 4.55. The fraction of sp³-hybridized carbons (Fsp3) is 0.211. The smallest absolute Gasteiger partial charge is 0.276 e. The monoisotopic (exact) mass is 380 g/mol. The second-order valence-corrected chi connectivity index (χ2v) is 6.58. The predicted octanol–water partition coefficient (Wildman–Crippen LogP) is 3.44. The van der Waals surface area contributed by atoms with Gasteiger partial charge in [-0.1, -0.05) is 41.9 Å². The van der Waals surface area contributed by atoms with E-state index in [4.69, 9.17) is 11.6 Å². The summed E-state index contributed by atoms with van der Waals surface area (Å²) in [6, 6.07) is 9.62. The summed E-state index contributed by atoms with van der Waals surface area (Å²) in [5.41, 5.74) is 1.52. The number of rotatable bonds is 4. The molecule has 1 aliphatic rings. The topological polar surface area (TPSA) is 83.9 Å². The number of aromatic nitrogens is 4. The number of hydrogen-bond acceptors (Lipinski definition) is 6. The molecule has 7 nitrogen and oxygen atoms in total. The number of hydrogen-bond donors (Lipinski definition) is 1. The number of anilines is 2. The van der Waals surface area contributed by atoms with Gasteiger partial charge in [0, 0.05) is 18.7 Å². The Kier molecular flexibility index (Phi) is 4.93. The number of halogens is 1. The lowest BCUT2D eigenvalue weighted by atomic mass is 10.2. The quantitative estimate of drug-likeness (QED) is 0.746. The molecule has 0 aliphatic carbocycles. The average Bonchev–Trinajstić information content (AvgIpc) is 3.24. The van der Waals surface area contributed by atoms with Crippen LogP contribution >= 0.6 is 11.6 Å². The third kappa shape index (κ3) is 3.88. The molecule has 4 rings (SSSR count). The van der Waals surface area contributed by atoms with Gasteiger partial charge in [0.2, 0.25) is 5.95 Å². The van der Waals surface area contributed by atoms with Crippen molar-refractivity contribution in [2.24, 2.45) is 0 Å². The van der Waals surface area contributed by atoms with Gasteiger partial charge in [-0.15, -0.1) is 0 Å². The summed E-state index contributed by atoms with van der Waals surface area (Å²) in [5.74, 6) is 0.696. The highest BCUT2D eigenvalue weighted by atomic mass is 35.5. The van der Waals surface area contributed by atoms with E-state index < -0.39 is 5.91 Å². The molecule has 1 saturated heterocycles. The van der Waals surface area contributed by atoms with Gasteiger partial charge in [-0.25, -0.2) is 19.9 Å². The van der Waals surface area contributed by atoms with Crippen molar-refractivity contribution in [2.75, 3.05) is 23.3 Å². The minimum absolute atomic E-state index is 0.140. The van der Waals surface area contributed by atoms with Crippen molar-refractivity contribution < 1.29 is 4.79 Å². The van der Waals surface area contributed by atoms with Crippen LogP contribution in [0.25, 0.3) is 11.4 Å². The van der Waals surface area contributed by atoms with E-state index in [2.05, 4.69) is 25.3 Å². The van der Waals surface area contributed by atoms with E-state index in [1.165, 1.54) is 6.20 Å². The van der Waals surface area contributed by atoms with Gasteiger partial charge in [-0.2, -0.15) is 0 Å². The molecule has 27 heavy (non-hydrogen) atoms. The number of nitrogens with one attached hydrogen (secondary N) is 1. The second kappa shape index (κ2) is 7.67. The first-order chi connectivity index (χ1) is 13.2. The van der Waals surface area contributed by atoms with Crippen LogP contribution in [-0.4, -0.2) is 38.9 Å². The van der Waals surface area contributed by atoms with Gasteiger partial charge in [0.1, 0.15) is 0 Å². The van der Waals surface area contributed by atoms with E-state index in [1.807, 2.05) is 35.2 Å². The lowest BCUT2D eigenvalue weighted by Crippen LogP contribution is -2.23. The maximum atomic E-state index is 12.6. The maximum Gasteiger partial charge on any atom is 0.276 e. The Morgan fingerprint density at radius 1 is 1.00 bits per heavy atom. The summed E-state index contributed by atoms with van der Waals surface area (Å²) < 4.78 is 0. The minimum atomic E-state index is -0.418. The molecule has 136 valence electrons. The Morgan fingerprint density at radius 3 is 2.41 bits per heavy atom. The number of carbonyl (C=O) groups excluding carboxylic acids is 1. The molecule has 8 heteroatoms. The van der Waals surface area contributed by atoms with Crippen molar-refractivity contribution >= 4 is 29.1 Å². The van der Waals surface area contributed by atoms with Crippen LogP contribution in [-0.2, 0) is 0 Å². The Bertz CT molecular complexity index is 942. The van der Waals surface area contributed by atoms with Crippen molar-refractivity contribution in [3.63, 3.8) is 0 Å². The molecule has 0 saturated carbocycles. The summed E-state index contributed by atoms with van der Waals surface area (Å²) in [6.45, 7) is 1.77. The van der Waals surface area contributed by atoms with E-state index in [0.717, 1.165) is 31.5 Å². The van der Waals surface area contributed by atoms with Gasteiger partial charge in [0.15, 0.2) is 11.5 Å². The lowest BCUT2D eigenvalue weighted by Gasteiger charge is -2.15. The molecule has 1 fully saturated rings. The van der Waals surface area contributed by atoms with Gasteiger partial charge in [0.05, 0.1) is 29.3 Å². The summed E-state index contributed by atoms with van der Waals surface area (Å²) in [5, 5.41) is 2.94. The first-order valence-corrected chi connectivity index (χ1v) is 9.05. The summed E-state index contributed by atoms with van der Waals surface area (Å²) >= 11 is 6.13. The van der Waals surface area contributed by atoms with Crippen LogP contribution in [0.3, 0.4) is 0 Å². The molecular weight excluding hydrogens is 364 g/mol. The van der Waals surface area contributed by atoms with Crippen molar-refractivity contribution in [3.8, 4) is 11.4 Å². The molecule has 1 N–H and O–H groups in total. The van der Waals surface area contributed by atoms with Gasteiger partial charge in [-0.05, 0) is 12.8 Å². The average molecular weight is 381 g/mol. The molecule has 0 bridgehead atoms. The molecule has 0 unspecified atom stereocenters. The van der Waals surface area contributed by atoms with Gasteiger partial charge in [0.25, 0.3) is 5.91 Å². The van der Waals surface area contributed by atoms with Crippen molar-refractivity contribution in [2.45, 2.75) is 12.8 Å². The van der Waals surface area contributed by atoms with Crippen molar-refractivity contribution in [3.05, 3.63) is 59.6 Å². The normalized spacial score (nSPS) is 13.6. The fourth-order valence-electron chi connectivity index (χ4n) is 2.91. The number of nitrogens with zero attached hydrogens (tertiary/aromatic N) is 5.